The van der Waals surface area contributed by atoms with Crippen LogP contribution in [-0.2, 0) is 13.1 Å². The molecule has 16 heavy (non-hydrogen) atoms. The van der Waals surface area contributed by atoms with Gasteiger partial charge >= 0.3 is 0 Å². The molecule has 2 rings (SSSR count). The second kappa shape index (κ2) is 4.56. The number of fused-ring (bicyclic) bond motifs is 1. The molecule has 88 valence electrons. The average molecular weight is 219 g/mol. The number of nitrogens with zero attached hydrogens (tertiary/aromatic N) is 1. The van der Waals surface area contributed by atoms with Gasteiger partial charge < -0.3 is 5.11 Å². The molecule has 1 heterocycles. The van der Waals surface area contributed by atoms with Crippen molar-refractivity contribution in [3.05, 3.63) is 34.9 Å². The highest BCUT2D eigenvalue weighted by molar-refractivity contribution is 5.36. The number of hydrogen-bond donors (Lipinski definition) is 1. The molecule has 1 N–H and O–H groups in total. The summed E-state index contributed by atoms with van der Waals surface area (Å²) >= 11 is 0. The zero-order valence-corrected chi connectivity index (χ0v) is 10.4. The van der Waals surface area contributed by atoms with E-state index in [-0.39, 0.29) is 12.5 Å². The van der Waals surface area contributed by atoms with E-state index in [1.807, 2.05) is 0 Å². The molecular weight excluding hydrogens is 198 g/mol. The Morgan fingerprint density at radius 2 is 1.88 bits per heavy atom. The van der Waals surface area contributed by atoms with Crippen LogP contribution in [0.25, 0.3) is 0 Å². The minimum atomic E-state index is 0.229. The molecule has 0 fully saturated rings. The van der Waals surface area contributed by atoms with Crippen molar-refractivity contribution in [1.82, 2.24) is 4.90 Å². The van der Waals surface area contributed by atoms with E-state index in [1.54, 1.807) is 0 Å². The quantitative estimate of drug-likeness (QED) is 0.844. The minimum absolute atomic E-state index is 0.229. The third-order valence-corrected chi connectivity index (χ3v) is 3.55. The van der Waals surface area contributed by atoms with E-state index in [2.05, 4.69) is 43.9 Å². The fourth-order valence-corrected chi connectivity index (χ4v) is 2.22. The molecule has 0 aromatic heterocycles. The van der Waals surface area contributed by atoms with Crippen molar-refractivity contribution in [2.24, 2.45) is 0 Å². The first-order valence-corrected chi connectivity index (χ1v) is 6.08. The average Bonchev–Trinajstić information content (AvgIpc) is 2.70. The van der Waals surface area contributed by atoms with Gasteiger partial charge in [-0.1, -0.05) is 25.1 Å². The monoisotopic (exact) mass is 219 g/mol. The predicted molar refractivity (Wildman–Crippen MR) is 66.3 cm³/mol. The highest BCUT2D eigenvalue weighted by atomic mass is 16.3. The second-order valence-electron chi connectivity index (χ2n) is 5.11. The Balaban J connectivity index is 2.20. The molecule has 1 aliphatic heterocycles. The van der Waals surface area contributed by atoms with Crippen molar-refractivity contribution in [3.63, 3.8) is 0 Å². The number of aliphatic hydroxyl groups excluding tert-OH is 1. The smallest absolute Gasteiger partial charge is 0.0497 e. The zero-order chi connectivity index (χ0) is 11.7. The summed E-state index contributed by atoms with van der Waals surface area (Å²) in [5.41, 5.74) is 4.14. The SMILES string of the molecule is CC(CO)c1ccc2c(c1)CN(C(C)C)C2. The van der Waals surface area contributed by atoms with Crippen molar-refractivity contribution in [3.8, 4) is 0 Å². The summed E-state index contributed by atoms with van der Waals surface area (Å²) in [6, 6.07) is 7.24. The standard InChI is InChI=1S/C14H21NO/c1-10(2)15-7-13-5-4-12(11(3)9-16)6-14(13)8-15/h4-6,10-11,16H,7-9H2,1-3H3. The van der Waals surface area contributed by atoms with E-state index >= 15 is 0 Å². The molecule has 1 atom stereocenters. The van der Waals surface area contributed by atoms with Crippen LogP contribution in [0.5, 0.6) is 0 Å². The molecule has 1 aromatic carbocycles. The van der Waals surface area contributed by atoms with Crippen molar-refractivity contribution >= 4 is 0 Å². The van der Waals surface area contributed by atoms with Crippen LogP contribution in [0.2, 0.25) is 0 Å². The lowest BCUT2D eigenvalue weighted by molar-refractivity contribution is 0.227. The molecule has 0 bridgehead atoms. The number of benzene rings is 1. The van der Waals surface area contributed by atoms with Gasteiger partial charge in [0.15, 0.2) is 0 Å². The van der Waals surface area contributed by atoms with Gasteiger partial charge in [-0.25, -0.2) is 0 Å². The summed E-state index contributed by atoms with van der Waals surface area (Å²) in [7, 11) is 0. The Bertz CT molecular complexity index is 373. The minimum Gasteiger partial charge on any atom is -0.396 e. The fourth-order valence-electron chi connectivity index (χ4n) is 2.22. The first-order chi connectivity index (χ1) is 7.61. The molecule has 2 heteroatoms. The van der Waals surface area contributed by atoms with Gasteiger partial charge in [0.2, 0.25) is 0 Å². The van der Waals surface area contributed by atoms with Crippen molar-refractivity contribution in [2.75, 3.05) is 6.61 Å². The summed E-state index contributed by atoms with van der Waals surface area (Å²) in [5, 5.41) is 9.17. The van der Waals surface area contributed by atoms with E-state index < -0.39 is 0 Å². The van der Waals surface area contributed by atoms with Crippen LogP contribution < -0.4 is 0 Å². The van der Waals surface area contributed by atoms with Crippen LogP contribution in [0.1, 0.15) is 43.4 Å². The molecular formula is C14H21NO. The van der Waals surface area contributed by atoms with Gasteiger partial charge in [0.05, 0.1) is 0 Å². The lowest BCUT2D eigenvalue weighted by atomic mass is 9.98. The molecule has 1 aromatic rings. The number of aliphatic hydroxyl groups is 1. The molecule has 0 saturated heterocycles. The van der Waals surface area contributed by atoms with E-state index in [9.17, 15) is 0 Å². The van der Waals surface area contributed by atoms with Crippen LogP contribution in [0.3, 0.4) is 0 Å². The lowest BCUT2D eigenvalue weighted by Gasteiger charge is -2.18. The van der Waals surface area contributed by atoms with Gasteiger partial charge in [-0.05, 0) is 30.5 Å². The summed E-state index contributed by atoms with van der Waals surface area (Å²) in [5.74, 6) is 0.249. The summed E-state index contributed by atoms with van der Waals surface area (Å²) in [4.78, 5) is 2.47. The Hall–Kier alpha value is -0.860. The summed E-state index contributed by atoms with van der Waals surface area (Å²) < 4.78 is 0. The maximum Gasteiger partial charge on any atom is 0.0497 e. The fraction of sp³-hybridized carbons (Fsp3) is 0.571. The summed E-state index contributed by atoms with van der Waals surface area (Å²) in [6.45, 7) is 8.90. The van der Waals surface area contributed by atoms with Crippen LogP contribution in [0, 0.1) is 0 Å². The Kier molecular flexibility index (Phi) is 3.31. The van der Waals surface area contributed by atoms with Crippen LogP contribution in [0.4, 0.5) is 0 Å². The van der Waals surface area contributed by atoms with E-state index in [4.69, 9.17) is 5.11 Å². The Labute approximate surface area is 97.9 Å². The van der Waals surface area contributed by atoms with Crippen LogP contribution in [-0.4, -0.2) is 22.7 Å². The topological polar surface area (TPSA) is 23.5 Å². The normalized spacial score (nSPS) is 17.8. The predicted octanol–water partition coefficient (Wildman–Crippen LogP) is 2.51. The number of rotatable bonds is 3. The van der Waals surface area contributed by atoms with E-state index in [0.29, 0.717) is 6.04 Å². The third-order valence-electron chi connectivity index (χ3n) is 3.55. The van der Waals surface area contributed by atoms with Crippen molar-refractivity contribution in [1.29, 1.82) is 0 Å². The van der Waals surface area contributed by atoms with Crippen LogP contribution >= 0.6 is 0 Å². The molecule has 2 nitrogen and oxygen atoms in total. The maximum absolute atomic E-state index is 9.17. The maximum atomic E-state index is 9.17. The third kappa shape index (κ3) is 2.13. The van der Waals surface area contributed by atoms with Gasteiger partial charge in [0, 0.05) is 31.7 Å². The molecule has 0 radical (unpaired) electrons. The highest BCUT2D eigenvalue weighted by Gasteiger charge is 2.21. The second-order valence-corrected chi connectivity index (χ2v) is 5.11. The van der Waals surface area contributed by atoms with Gasteiger partial charge in [-0.15, -0.1) is 0 Å². The van der Waals surface area contributed by atoms with E-state index in [0.717, 1.165) is 13.1 Å². The molecule has 1 aliphatic rings. The molecule has 0 spiro atoms. The van der Waals surface area contributed by atoms with Gasteiger partial charge in [-0.2, -0.15) is 0 Å². The van der Waals surface area contributed by atoms with Gasteiger partial charge in [0.25, 0.3) is 0 Å². The van der Waals surface area contributed by atoms with Crippen molar-refractivity contribution < 1.29 is 5.11 Å². The zero-order valence-electron chi connectivity index (χ0n) is 10.4. The first-order valence-electron chi connectivity index (χ1n) is 6.08. The van der Waals surface area contributed by atoms with Crippen LogP contribution in [0.15, 0.2) is 18.2 Å². The first kappa shape index (κ1) is 11.6. The highest BCUT2D eigenvalue weighted by Crippen LogP contribution is 2.27. The largest absolute Gasteiger partial charge is 0.396 e. The molecule has 0 saturated carbocycles. The van der Waals surface area contributed by atoms with Crippen molar-refractivity contribution in [2.45, 2.75) is 45.8 Å². The number of hydrogen-bond acceptors (Lipinski definition) is 2. The van der Waals surface area contributed by atoms with Gasteiger partial charge in [-0.3, -0.25) is 4.90 Å². The molecule has 0 aliphatic carbocycles. The molecule has 0 amide bonds. The lowest BCUT2D eigenvalue weighted by Crippen LogP contribution is -2.24. The molecule has 1 unspecified atom stereocenters. The summed E-state index contributed by atoms with van der Waals surface area (Å²) in [6.07, 6.45) is 0. The van der Waals surface area contributed by atoms with E-state index in [1.165, 1.54) is 16.7 Å². The Morgan fingerprint density at radius 3 is 2.50 bits per heavy atom. The van der Waals surface area contributed by atoms with Gasteiger partial charge in [0.1, 0.15) is 0 Å². The Morgan fingerprint density at radius 1 is 1.19 bits per heavy atom.